The van der Waals surface area contributed by atoms with Gasteiger partial charge in [-0.2, -0.15) is 0 Å². The average Bonchev–Trinajstić information content (AvgIpc) is 2.44. The summed E-state index contributed by atoms with van der Waals surface area (Å²) in [6.07, 6.45) is 0.00205. The standard InChI is InChI=1S/C16H23N3O4/c1-16(2,3)13(14(21)22)19-12(20)9-10-17-15(23)18-11-7-5-4-6-8-11/h4-8,13H,9-10H2,1-3H3,(H,19,20)(H,21,22)(H2,17,18,23). The van der Waals surface area contributed by atoms with Crippen molar-refractivity contribution in [2.45, 2.75) is 33.2 Å². The molecule has 126 valence electrons. The van der Waals surface area contributed by atoms with Gasteiger partial charge in [0.05, 0.1) is 0 Å². The number of amides is 3. The Morgan fingerprint density at radius 2 is 1.74 bits per heavy atom. The van der Waals surface area contributed by atoms with E-state index in [1.807, 2.05) is 6.07 Å². The molecule has 1 rings (SSSR count). The Kier molecular flexibility index (Phi) is 6.56. The van der Waals surface area contributed by atoms with Crippen molar-refractivity contribution in [3.63, 3.8) is 0 Å². The molecule has 0 aliphatic rings. The van der Waals surface area contributed by atoms with Crippen molar-refractivity contribution < 1.29 is 19.5 Å². The molecule has 7 nitrogen and oxygen atoms in total. The zero-order valence-electron chi connectivity index (χ0n) is 13.6. The maximum absolute atomic E-state index is 11.8. The molecule has 0 aromatic heterocycles. The normalized spacial score (nSPS) is 12.1. The highest BCUT2D eigenvalue weighted by Gasteiger charge is 2.32. The Morgan fingerprint density at radius 3 is 2.26 bits per heavy atom. The Hall–Kier alpha value is -2.57. The third-order valence-electron chi connectivity index (χ3n) is 3.09. The predicted molar refractivity (Wildman–Crippen MR) is 87.1 cm³/mol. The summed E-state index contributed by atoms with van der Waals surface area (Å²) in [6, 6.07) is 7.51. The fourth-order valence-electron chi connectivity index (χ4n) is 1.87. The van der Waals surface area contributed by atoms with Crippen LogP contribution in [0.25, 0.3) is 0 Å². The highest BCUT2D eigenvalue weighted by molar-refractivity contribution is 5.89. The van der Waals surface area contributed by atoms with Gasteiger partial charge in [-0.1, -0.05) is 39.0 Å². The summed E-state index contributed by atoms with van der Waals surface area (Å²) in [5.41, 5.74) is 0.0488. The van der Waals surface area contributed by atoms with Crippen molar-refractivity contribution in [3.05, 3.63) is 30.3 Å². The largest absolute Gasteiger partial charge is 0.480 e. The molecule has 23 heavy (non-hydrogen) atoms. The Balaban J connectivity index is 2.36. The second-order valence-corrected chi connectivity index (χ2v) is 6.20. The van der Waals surface area contributed by atoms with Crippen LogP contribution in [0.1, 0.15) is 27.2 Å². The van der Waals surface area contributed by atoms with Crippen LogP contribution >= 0.6 is 0 Å². The Bertz CT molecular complexity index is 552. The molecule has 0 aliphatic heterocycles. The first-order valence-electron chi connectivity index (χ1n) is 7.32. The summed E-state index contributed by atoms with van der Waals surface area (Å²) < 4.78 is 0. The lowest BCUT2D eigenvalue weighted by Gasteiger charge is -2.27. The quantitative estimate of drug-likeness (QED) is 0.641. The number of carbonyl (C=O) groups excluding carboxylic acids is 2. The molecule has 4 N–H and O–H groups in total. The van der Waals surface area contributed by atoms with Gasteiger partial charge < -0.3 is 21.1 Å². The van der Waals surface area contributed by atoms with Crippen LogP contribution in [-0.2, 0) is 9.59 Å². The lowest BCUT2D eigenvalue weighted by molar-refractivity contribution is -0.144. The molecule has 3 amide bonds. The summed E-state index contributed by atoms with van der Waals surface area (Å²) in [6.45, 7) is 5.31. The molecule has 0 saturated heterocycles. The summed E-state index contributed by atoms with van der Waals surface area (Å²) >= 11 is 0. The van der Waals surface area contributed by atoms with Crippen molar-refractivity contribution in [2.75, 3.05) is 11.9 Å². The van der Waals surface area contributed by atoms with Gasteiger partial charge in [-0.3, -0.25) is 4.79 Å². The van der Waals surface area contributed by atoms with E-state index < -0.39 is 29.4 Å². The van der Waals surface area contributed by atoms with Crippen LogP contribution < -0.4 is 16.0 Å². The van der Waals surface area contributed by atoms with Crippen LogP contribution in [0, 0.1) is 5.41 Å². The smallest absolute Gasteiger partial charge is 0.326 e. The van der Waals surface area contributed by atoms with E-state index >= 15 is 0 Å². The van der Waals surface area contributed by atoms with Crippen LogP contribution in [0.2, 0.25) is 0 Å². The van der Waals surface area contributed by atoms with Crippen LogP contribution in [0.4, 0.5) is 10.5 Å². The zero-order valence-corrected chi connectivity index (χ0v) is 13.6. The maximum atomic E-state index is 11.8. The van der Waals surface area contributed by atoms with Gasteiger partial charge in [0.1, 0.15) is 6.04 Å². The van der Waals surface area contributed by atoms with Crippen molar-refractivity contribution in [3.8, 4) is 0 Å². The van der Waals surface area contributed by atoms with Gasteiger partial charge in [0.15, 0.2) is 0 Å². The van der Waals surface area contributed by atoms with Crippen molar-refractivity contribution >= 4 is 23.6 Å². The minimum Gasteiger partial charge on any atom is -0.480 e. The Labute approximate surface area is 135 Å². The van der Waals surface area contributed by atoms with E-state index in [4.69, 9.17) is 5.11 Å². The minimum absolute atomic E-state index is 0.00205. The summed E-state index contributed by atoms with van der Waals surface area (Å²) in [4.78, 5) is 34.6. The van der Waals surface area contributed by atoms with E-state index in [1.54, 1.807) is 45.0 Å². The maximum Gasteiger partial charge on any atom is 0.326 e. The first kappa shape index (κ1) is 18.5. The lowest BCUT2D eigenvalue weighted by atomic mass is 9.86. The molecule has 1 aromatic carbocycles. The van der Waals surface area contributed by atoms with Crippen LogP contribution in [-0.4, -0.2) is 35.6 Å². The molecule has 1 unspecified atom stereocenters. The molecule has 7 heteroatoms. The molecule has 0 fully saturated rings. The summed E-state index contributed by atoms with van der Waals surface area (Å²) in [5, 5.41) is 16.8. The van der Waals surface area contributed by atoms with Gasteiger partial charge in [0.2, 0.25) is 5.91 Å². The van der Waals surface area contributed by atoms with E-state index in [9.17, 15) is 14.4 Å². The van der Waals surface area contributed by atoms with Gasteiger partial charge >= 0.3 is 12.0 Å². The number of benzene rings is 1. The fraction of sp³-hybridized carbons (Fsp3) is 0.438. The zero-order chi connectivity index (χ0) is 17.5. The van der Waals surface area contributed by atoms with E-state index in [0.29, 0.717) is 5.69 Å². The second kappa shape index (κ2) is 8.17. The summed E-state index contributed by atoms with van der Waals surface area (Å²) in [5.74, 6) is -1.51. The number of carbonyl (C=O) groups is 3. The number of rotatable bonds is 6. The number of aliphatic carboxylic acids is 1. The topological polar surface area (TPSA) is 108 Å². The SMILES string of the molecule is CC(C)(C)C(NC(=O)CCNC(=O)Nc1ccccc1)C(=O)O. The molecular formula is C16H23N3O4. The number of carboxylic acid groups (broad SMARTS) is 1. The van der Waals surface area contributed by atoms with E-state index in [1.165, 1.54) is 0 Å². The van der Waals surface area contributed by atoms with E-state index in [2.05, 4.69) is 16.0 Å². The first-order chi connectivity index (χ1) is 10.7. The number of carboxylic acids is 1. The van der Waals surface area contributed by atoms with Gasteiger partial charge in [-0.25, -0.2) is 9.59 Å². The van der Waals surface area contributed by atoms with Crippen LogP contribution in [0.3, 0.4) is 0 Å². The van der Waals surface area contributed by atoms with Gasteiger partial charge in [0, 0.05) is 18.7 Å². The van der Waals surface area contributed by atoms with E-state index in [-0.39, 0.29) is 13.0 Å². The Morgan fingerprint density at radius 1 is 1.13 bits per heavy atom. The molecule has 0 saturated carbocycles. The molecular weight excluding hydrogens is 298 g/mol. The number of hydrogen-bond donors (Lipinski definition) is 4. The molecule has 0 spiro atoms. The molecule has 0 aliphatic carbocycles. The number of urea groups is 1. The van der Waals surface area contributed by atoms with Crippen molar-refractivity contribution in [1.82, 2.24) is 10.6 Å². The number of anilines is 1. The third-order valence-corrected chi connectivity index (χ3v) is 3.09. The predicted octanol–water partition coefficient (Wildman–Crippen LogP) is 1.81. The first-order valence-corrected chi connectivity index (χ1v) is 7.32. The summed E-state index contributed by atoms with van der Waals surface area (Å²) in [7, 11) is 0. The van der Waals surface area contributed by atoms with Gasteiger partial charge in [-0.15, -0.1) is 0 Å². The molecule has 0 radical (unpaired) electrons. The van der Waals surface area contributed by atoms with Crippen LogP contribution in [0.15, 0.2) is 30.3 Å². The number of nitrogens with one attached hydrogen (secondary N) is 3. The third kappa shape index (κ3) is 6.82. The van der Waals surface area contributed by atoms with E-state index in [0.717, 1.165) is 0 Å². The molecule has 1 aromatic rings. The second-order valence-electron chi connectivity index (χ2n) is 6.20. The number of hydrogen-bond acceptors (Lipinski definition) is 3. The fourth-order valence-corrected chi connectivity index (χ4v) is 1.87. The molecule has 1 atom stereocenters. The minimum atomic E-state index is -1.08. The van der Waals surface area contributed by atoms with Crippen molar-refractivity contribution in [2.24, 2.45) is 5.41 Å². The highest BCUT2D eigenvalue weighted by Crippen LogP contribution is 2.19. The van der Waals surface area contributed by atoms with Gasteiger partial charge in [-0.05, 0) is 17.5 Å². The highest BCUT2D eigenvalue weighted by atomic mass is 16.4. The molecule has 0 bridgehead atoms. The average molecular weight is 321 g/mol. The monoisotopic (exact) mass is 321 g/mol. The molecule has 0 heterocycles. The van der Waals surface area contributed by atoms with Crippen molar-refractivity contribution in [1.29, 1.82) is 0 Å². The number of para-hydroxylation sites is 1. The lowest BCUT2D eigenvalue weighted by Crippen LogP contribution is -2.49. The van der Waals surface area contributed by atoms with Crippen LogP contribution in [0.5, 0.6) is 0 Å². The van der Waals surface area contributed by atoms with Gasteiger partial charge in [0.25, 0.3) is 0 Å².